The molecule has 2 aliphatic heterocycles. The molecule has 29 heavy (non-hydrogen) atoms. The maximum atomic E-state index is 13.3. The van der Waals surface area contributed by atoms with Crippen LogP contribution in [0.1, 0.15) is 5.56 Å². The second kappa shape index (κ2) is 8.62. The van der Waals surface area contributed by atoms with Crippen LogP contribution in [0.4, 0.5) is 11.4 Å². The molecule has 0 unspecified atom stereocenters. The number of rotatable bonds is 3. The average molecular weight is 474 g/mol. The van der Waals surface area contributed by atoms with Crippen molar-refractivity contribution in [3.8, 4) is 0 Å². The predicted molar refractivity (Wildman–Crippen MR) is 122 cm³/mol. The molecule has 0 aromatic heterocycles. The Morgan fingerprint density at radius 3 is 2.48 bits per heavy atom. The van der Waals surface area contributed by atoms with Crippen LogP contribution in [-0.2, 0) is 4.79 Å². The summed E-state index contributed by atoms with van der Waals surface area (Å²) in [6.07, 6.45) is 1.86. The van der Waals surface area contributed by atoms with E-state index in [-0.39, 0.29) is 5.91 Å². The fraction of sp³-hybridized carbons (Fsp3) is 0.273. The van der Waals surface area contributed by atoms with Crippen molar-refractivity contribution in [2.75, 3.05) is 37.0 Å². The van der Waals surface area contributed by atoms with Crippen molar-refractivity contribution in [3.05, 3.63) is 64.8 Å². The number of carbonyl (C=O) groups excluding carboxylic acids is 1. The molecule has 0 N–H and O–H groups in total. The van der Waals surface area contributed by atoms with Crippen LogP contribution in [0.2, 0.25) is 15.7 Å². The first-order chi connectivity index (χ1) is 14.0. The first kappa shape index (κ1) is 20.0. The Labute approximate surface area is 182 Å². The van der Waals surface area contributed by atoms with Gasteiger partial charge < -0.3 is 0 Å². The van der Waals surface area contributed by atoms with Gasteiger partial charge >= 0.3 is 169 Å². The van der Waals surface area contributed by atoms with E-state index in [9.17, 15) is 4.79 Å². The van der Waals surface area contributed by atoms with Crippen LogP contribution in [0, 0.1) is 0 Å². The van der Waals surface area contributed by atoms with Gasteiger partial charge in [-0.1, -0.05) is 0 Å². The van der Waals surface area contributed by atoms with Gasteiger partial charge in [0.25, 0.3) is 0 Å². The molecule has 1 fully saturated rings. The van der Waals surface area contributed by atoms with Gasteiger partial charge in [-0.3, -0.25) is 0 Å². The number of nitrogens with zero attached hydrogens (tertiary/aromatic N) is 4. The van der Waals surface area contributed by atoms with Gasteiger partial charge in [-0.15, -0.1) is 0 Å². The normalized spacial score (nSPS) is 18.4. The summed E-state index contributed by atoms with van der Waals surface area (Å²) in [6.45, 7) is 1.88. The van der Waals surface area contributed by atoms with Crippen LogP contribution < -0.4 is 9.80 Å². The molecular weight excluding hydrogens is 451 g/mol. The zero-order chi connectivity index (χ0) is 20.4. The molecule has 2 heterocycles. The molecule has 0 saturated carbocycles. The van der Waals surface area contributed by atoms with Gasteiger partial charge in [-0.05, 0) is 0 Å². The molecule has 7 heteroatoms. The van der Waals surface area contributed by atoms with Crippen LogP contribution in [0.3, 0.4) is 0 Å². The van der Waals surface area contributed by atoms with E-state index in [4.69, 9.17) is 16.6 Å². The first-order valence-electron chi connectivity index (χ1n) is 9.53. The van der Waals surface area contributed by atoms with Gasteiger partial charge in [-0.2, -0.15) is 0 Å². The number of benzene rings is 2. The molecule has 2 aliphatic rings. The Bertz CT molecular complexity index is 965. The van der Waals surface area contributed by atoms with Gasteiger partial charge in [0.2, 0.25) is 0 Å². The minimum absolute atomic E-state index is 0.116. The van der Waals surface area contributed by atoms with Crippen molar-refractivity contribution in [1.29, 1.82) is 0 Å². The van der Waals surface area contributed by atoms with E-state index in [1.54, 1.807) is 4.90 Å². The second-order valence-electron chi connectivity index (χ2n) is 7.15. The number of hydrogen-bond donors (Lipinski definition) is 0. The summed E-state index contributed by atoms with van der Waals surface area (Å²) in [4.78, 5) is 24.1. The third kappa shape index (κ3) is 4.35. The molecule has 0 spiro atoms. The van der Waals surface area contributed by atoms with Gasteiger partial charge in [0.1, 0.15) is 0 Å². The Morgan fingerprint density at radius 1 is 1.10 bits per heavy atom. The molecule has 4 rings (SSSR count). The van der Waals surface area contributed by atoms with E-state index in [0.717, 1.165) is 30.0 Å². The van der Waals surface area contributed by atoms with E-state index < -0.39 is 0 Å². The summed E-state index contributed by atoms with van der Waals surface area (Å²) >= 11 is 6.89. The Balaban J connectivity index is 1.71. The van der Waals surface area contributed by atoms with Gasteiger partial charge in [0.15, 0.2) is 0 Å². The Morgan fingerprint density at radius 2 is 1.83 bits per heavy atom. The molecule has 1 saturated heterocycles. The van der Waals surface area contributed by atoms with Crippen LogP contribution in [0.15, 0.2) is 59.2 Å². The van der Waals surface area contributed by atoms with Crippen LogP contribution in [0.25, 0.3) is 6.08 Å². The molecular formula is C22H23ClN4OSe. The maximum absolute atomic E-state index is 13.3. The number of halogens is 1. The van der Waals surface area contributed by atoms with Gasteiger partial charge in [0.05, 0.1) is 0 Å². The molecule has 0 atom stereocenters. The van der Waals surface area contributed by atoms with Crippen molar-refractivity contribution in [1.82, 2.24) is 4.90 Å². The van der Waals surface area contributed by atoms with Crippen LogP contribution in [0.5, 0.6) is 0 Å². The van der Waals surface area contributed by atoms with Crippen molar-refractivity contribution >= 4 is 55.9 Å². The van der Waals surface area contributed by atoms with Crippen LogP contribution in [-0.4, -0.2) is 58.9 Å². The number of hydrogen-bond acceptors (Lipinski definition) is 4. The summed E-state index contributed by atoms with van der Waals surface area (Å²) in [5.74, 6) is 0.596. The third-order valence-electron chi connectivity index (χ3n) is 4.92. The molecule has 2 aromatic carbocycles. The van der Waals surface area contributed by atoms with Crippen molar-refractivity contribution < 1.29 is 4.79 Å². The Kier molecular flexibility index (Phi) is 5.95. The number of aliphatic imine (C=N–C) groups is 1. The van der Waals surface area contributed by atoms with Gasteiger partial charge in [0, 0.05) is 14.1 Å². The van der Waals surface area contributed by atoms with Crippen molar-refractivity contribution in [2.24, 2.45) is 4.99 Å². The molecule has 0 aliphatic carbocycles. The van der Waals surface area contributed by atoms with Crippen LogP contribution >= 0.6 is 11.6 Å². The van der Waals surface area contributed by atoms with E-state index in [2.05, 4.69) is 4.90 Å². The quantitative estimate of drug-likeness (QED) is 0.499. The zero-order valence-electron chi connectivity index (χ0n) is 16.5. The van der Waals surface area contributed by atoms with Gasteiger partial charge in [-0.25, -0.2) is 0 Å². The zero-order valence-corrected chi connectivity index (χ0v) is 19.0. The topological polar surface area (TPSA) is 39.1 Å². The third-order valence-corrected chi connectivity index (χ3v) is 7.13. The second-order valence-corrected chi connectivity index (χ2v) is 10.2. The number of amides is 1. The average Bonchev–Trinajstić information content (AvgIpc) is 3.05. The standard InChI is InChI=1S/C22H23ClN4OSe/c1-25(2)18-8-6-16(7-9-18)14-20-21(28)27(19-5-3-4-17(23)15-19)22(24-20)26-10-12-29-13-11-26/h3-9,14-15H,10-13H2,1-2H3/b20-14-. The predicted octanol–water partition coefficient (Wildman–Crippen LogP) is 4.01. The number of anilines is 2. The summed E-state index contributed by atoms with van der Waals surface area (Å²) < 4.78 is 0. The van der Waals surface area contributed by atoms with E-state index in [1.165, 1.54) is 10.6 Å². The molecule has 1 amide bonds. The fourth-order valence-corrected chi connectivity index (χ4v) is 5.43. The fourth-order valence-electron chi connectivity index (χ4n) is 3.35. The first-order valence-corrected chi connectivity index (χ1v) is 12.3. The molecule has 150 valence electrons. The molecule has 2 aromatic rings. The minimum atomic E-state index is -0.116. The summed E-state index contributed by atoms with van der Waals surface area (Å²) in [6, 6.07) is 15.5. The van der Waals surface area contributed by atoms with E-state index in [0.29, 0.717) is 31.6 Å². The SMILES string of the molecule is CN(C)c1ccc(/C=C2\N=C(N3CC[Se]CC3)N(c3cccc(Cl)c3)C2=O)cc1. The molecule has 0 bridgehead atoms. The summed E-state index contributed by atoms with van der Waals surface area (Å²) in [7, 11) is 4.01. The van der Waals surface area contributed by atoms with E-state index >= 15 is 0 Å². The number of guanidine groups is 1. The monoisotopic (exact) mass is 474 g/mol. The molecule has 5 nitrogen and oxygen atoms in total. The Hall–Kier alpha value is -2.27. The van der Waals surface area contributed by atoms with Crippen molar-refractivity contribution in [2.45, 2.75) is 10.6 Å². The van der Waals surface area contributed by atoms with Crippen molar-refractivity contribution in [3.63, 3.8) is 0 Å². The number of carbonyl (C=O) groups is 1. The molecule has 0 radical (unpaired) electrons. The summed E-state index contributed by atoms with van der Waals surface area (Å²) in [5.41, 5.74) is 3.28. The summed E-state index contributed by atoms with van der Waals surface area (Å²) in [5, 5.41) is 2.96. The van der Waals surface area contributed by atoms with E-state index in [1.807, 2.05) is 73.6 Å².